The summed E-state index contributed by atoms with van der Waals surface area (Å²) in [6.45, 7) is 9.66. The molecule has 0 saturated carbocycles. The molecule has 178 valence electrons. The van der Waals surface area contributed by atoms with Crippen molar-refractivity contribution in [1.29, 1.82) is 0 Å². The molecule has 0 amide bonds. The molecule has 0 atom stereocenters. The van der Waals surface area contributed by atoms with Gasteiger partial charge in [-0.2, -0.15) is 0 Å². The lowest BCUT2D eigenvalue weighted by Crippen LogP contribution is -2.13. The number of halogens is 1. The Kier molecular flexibility index (Phi) is 20.7. The maximum Gasteiger partial charge on any atom is 0.333 e. The first-order valence-electron chi connectivity index (χ1n) is 12.8. The molecule has 0 aromatic rings. The average Bonchev–Trinajstić information content (AvgIpc) is 2.68. The van der Waals surface area contributed by atoms with Gasteiger partial charge in [-0.1, -0.05) is 129 Å². The van der Waals surface area contributed by atoms with E-state index in [0.717, 1.165) is 6.42 Å². The molecule has 2 nitrogen and oxygen atoms in total. The molecule has 4 heteroatoms. The molecular weight excluding hydrogens is 452 g/mol. The highest BCUT2D eigenvalue weighted by Gasteiger charge is 2.14. The number of hydrogen-bond acceptors (Lipinski definition) is 2. The molecular formula is C26H51BrO2Si. The van der Waals surface area contributed by atoms with Crippen LogP contribution < -0.4 is 0 Å². The van der Waals surface area contributed by atoms with Crippen molar-refractivity contribution in [2.45, 2.75) is 142 Å². The molecule has 0 aromatic carbocycles. The molecule has 0 saturated heterocycles. The topological polar surface area (TPSA) is 26.3 Å². The largest absolute Gasteiger partial charge is 0.462 e. The molecule has 0 unspecified atom stereocenters. The van der Waals surface area contributed by atoms with Crippen LogP contribution in [0.1, 0.15) is 122 Å². The summed E-state index contributed by atoms with van der Waals surface area (Å²) in [7, 11) is 0. The van der Waals surface area contributed by atoms with E-state index in [1.54, 1.807) is 6.92 Å². The molecule has 0 bridgehead atoms. The molecule has 0 radical (unpaired) electrons. The molecule has 0 fully saturated rings. The van der Waals surface area contributed by atoms with Crippen molar-refractivity contribution in [1.82, 2.24) is 0 Å². The van der Waals surface area contributed by atoms with Crippen molar-refractivity contribution in [3.05, 3.63) is 12.2 Å². The number of rotatable bonds is 22. The molecule has 0 N–H and O–H groups in total. The van der Waals surface area contributed by atoms with Crippen molar-refractivity contribution < 1.29 is 9.53 Å². The second-order valence-corrected chi connectivity index (χ2v) is 20.1. The van der Waals surface area contributed by atoms with E-state index >= 15 is 0 Å². The Morgan fingerprint density at radius 2 is 0.967 bits per heavy atom. The lowest BCUT2D eigenvalue weighted by Gasteiger charge is -2.12. The maximum absolute atomic E-state index is 11.2. The predicted octanol–water partition coefficient (Wildman–Crippen LogP) is 9.73. The van der Waals surface area contributed by atoms with Crippen molar-refractivity contribution in [2.24, 2.45) is 0 Å². The lowest BCUT2D eigenvalue weighted by molar-refractivity contribution is -0.139. The first-order valence-corrected chi connectivity index (χ1v) is 18.3. The van der Waals surface area contributed by atoms with E-state index in [1.165, 1.54) is 115 Å². The minimum atomic E-state index is -0.980. The molecule has 0 rings (SSSR count). The number of esters is 1. The molecule has 30 heavy (non-hydrogen) atoms. The van der Waals surface area contributed by atoms with Gasteiger partial charge in [0, 0.05) is 5.57 Å². The zero-order chi connectivity index (χ0) is 22.5. The molecule has 0 aromatic heterocycles. The fourth-order valence-electron chi connectivity index (χ4n) is 3.76. The summed E-state index contributed by atoms with van der Waals surface area (Å²) in [4.78, 5) is 11.2. The summed E-state index contributed by atoms with van der Waals surface area (Å²) < 4.78 is 5.11. The van der Waals surface area contributed by atoms with E-state index < -0.39 is 6.69 Å². The Morgan fingerprint density at radius 1 is 0.667 bits per heavy atom. The number of unbranched alkanes of at least 4 members (excludes halogenated alkanes) is 17. The van der Waals surface area contributed by atoms with Gasteiger partial charge < -0.3 is 4.74 Å². The van der Waals surface area contributed by atoms with E-state index in [2.05, 4.69) is 35.0 Å². The zero-order valence-electron chi connectivity index (χ0n) is 20.5. The van der Waals surface area contributed by atoms with Crippen molar-refractivity contribution in [3.63, 3.8) is 0 Å². The van der Waals surface area contributed by atoms with Gasteiger partial charge in [-0.05, 0) is 19.4 Å². The van der Waals surface area contributed by atoms with E-state index in [-0.39, 0.29) is 5.97 Å². The number of carbonyl (C=O) groups is 1. The lowest BCUT2D eigenvalue weighted by atomic mass is 10.0. The van der Waals surface area contributed by atoms with Crippen molar-refractivity contribution >= 4 is 28.0 Å². The number of ether oxygens (including phenoxy) is 1. The second kappa shape index (κ2) is 20.8. The maximum atomic E-state index is 11.2. The second-order valence-electron chi connectivity index (χ2n) is 9.75. The standard InChI is InChI=1S/C26H51BrO2Si/c1-25(2)26(28)29-23-21-19-17-15-13-11-9-7-5-6-8-10-12-14-16-18-20-22-24-30(3,4)27/h1,5-24H2,2-4H3. The van der Waals surface area contributed by atoms with Gasteiger partial charge in [0.05, 0.1) is 6.61 Å². The molecule has 0 spiro atoms. The zero-order valence-corrected chi connectivity index (χ0v) is 23.1. The van der Waals surface area contributed by atoms with E-state index in [4.69, 9.17) is 4.74 Å². The summed E-state index contributed by atoms with van der Waals surface area (Å²) in [5, 5.41) is 0. The summed E-state index contributed by atoms with van der Waals surface area (Å²) >= 11 is 3.86. The first-order chi connectivity index (χ1) is 14.3. The van der Waals surface area contributed by atoms with Gasteiger partial charge in [0.15, 0.2) is 0 Å². The minimum Gasteiger partial charge on any atom is -0.462 e. The third-order valence-electron chi connectivity index (χ3n) is 5.75. The summed E-state index contributed by atoms with van der Waals surface area (Å²) in [6, 6.07) is 1.43. The fraction of sp³-hybridized carbons (Fsp3) is 0.885. The van der Waals surface area contributed by atoms with E-state index in [0.29, 0.717) is 12.2 Å². The monoisotopic (exact) mass is 502 g/mol. The van der Waals surface area contributed by atoms with Crippen LogP contribution in [0, 0.1) is 0 Å². The van der Waals surface area contributed by atoms with Crippen LogP contribution in [0.3, 0.4) is 0 Å². The average molecular weight is 504 g/mol. The molecule has 0 aliphatic heterocycles. The van der Waals surface area contributed by atoms with Gasteiger partial charge >= 0.3 is 5.97 Å². The van der Waals surface area contributed by atoms with Crippen LogP contribution in [-0.4, -0.2) is 19.3 Å². The highest BCUT2D eigenvalue weighted by molar-refractivity contribution is 9.26. The van der Waals surface area contributed by atoms with Gasteiger partial charge in [0.2, 0.25) is 0 Å². The highest BCUT2D eigenvalue weighted by Crippen LogP contribution is 2.21. The van der Waals surface area contributed by atoms with Gasteiger partial charge in [0.25, 0.3) is 0 Å². The third-order valence-corrected chi connectivity index (χ3v) is 8.48. The van der Waals surface area contributed by atoms with E-state index in [1.807, 2.05) is 0 Å². The third kappa shape index (κ3) is 24.2. The summed E-state index contributed by atoms with van der Waals surface area (Å²) in [5.74, 6) is -0.253. The first kappa shape index (κ1) is 29.9. The summed E-state index contributed by atoms with van der Waals surface area (Å²) in [6.07, 6.45) is 24.7. The van der Waals surface area contributed by atoms with Gasteiger partial charge in [-0.3, -0.25) is 0 Å². The van der Waals surface area contributed by atoms with Crippen LogP contribution in [0.5, 0.6) is 0 Å². The van der Waals surface area contributed by atoms with Crippen molar-refractivity contribution in [3.8, 4) is 0 Å². The van der Waals surface area contributed by atoms with Crippen LogP contribution in [0.25, 0.3) is 0 Å². The molecule has 0 aliphatic rings. The Morgan fingerprint density at radius 3 is 1.27 bits per heavy atom. The van der Waals surface area contributed by atoms with Gasteiger partial charge in [0.1, 0.15) is 6.69 Å². The fourth-order valence-corrected chi connectivity index (χ4v) is 5.70. The summed E-state index contributed by atoms with van der Waals surface area (Å²) in [5.41, 5.74) is 0.493. The Hall–Kier alpha value is -0.0931. The molecule has 0 heterocycles. The van der Waals surface area contributed by atoms with E-state index in [9.17, 15) is 4.79 Å². The van der Waals surface area contributed by atoms with Crippen LogP contribution in [0.4, 0.5) is 0 Å². The number of carbonyl (C=O) groups excluding carboxylic acids is 1. The predicted molar refractivity (Wildman–Crippen MR) is 140 cm³/mol. The Labute approximate surface area is 197 Å². The van der Waals surface area contributed by atoms with Crippen LogP contribution in [0.15, 0.2) is 12.2 Å². The smallest absolute Gasteiger partial charge is 0.333 e. The Bertz CT molecular complexity index is 418. The van der Waals surface area contributed by atoms with Gasteiger partial charge in [-0.15, -0.1) is 15.3 Å². The highest BCUT2D eigenvalue weighted by atomic mass is 79.9. The normalized spacial score (nSPS) is 11.6. The SMILES string of the molecule is C=C(C)C(=O)OCCCCCCCCCCCCCCCCCCCC[Si](C)(C)Br. The van der Waals surface area contributed by atoms with Crippen molar-refractivity contribution in [2.75, 3.05) is 6.61 Å². The quantitative estimate of drug-likeness (QED) is 0.0483. The van der Waals surface area contributed by atoms with Crippen LogP contribution in [-0.2, 0) is 9.53 Å². The van der Waals surface area contributed by atoms with Gasteiger partial charge in [-0.25, -0.2) is 4.79 Å². The van der Waals surface area contributed by atoms with Crippen LogP contribution >= 0.6 is 15.3 Å². The van der Waals surface area contributed by atoms with Crippen LogP contribution in [0.2, 0.25) is 19.1 Å². The number of hydrogen-bond donors (Lipinski definition) is 0. The molecule has 0 aliphatic carbocycles. The minimum absolute atomic E-state index is 0.253. The Balaban J connectivity index is 3.10.